The Balaban J connectivity index is 1.85. The van der Waals surface area contributed by atoms with E-state index in [0.717, 1.165) is 17.9 Å². The van der Waals surface area contributed by atoms with Gasteiger partial charge < -0.3 is 15.5 Å². The Morgan fingerprint density at radius 2 is 1.88 bits per heavy atom. The molecule has 0 radical (unpaired) electrons. The van der Waals surface area contributed by atoms with Gasteiger partial charge >= 0.3 is 0 Å². The Morgan fingerprint density at radius 1 is 1.19 bits per heavy atom. The standard InChI is InChI=1S/C20H28N4OS/c1-14(12-18-11-6-15(2)26-18)23-20(21-3)22-13-16-7-9-17(10-8-16)19(25)24(4)5/h6-11,14H,12-13H2,1-5H3,(H2,21,22,23). The van der Waals surface area contributed by atoms with Crippen LogP contribution in [0.15, 0.2) is 41.4 Å². The first-order chi connectivity index (χ1) is 12.4. The van der Waals surface area contributed by atoms with Crippen LogP contribution in [0.2, 0.25) is 0 Å². The van der Waals surface area contributed by atoms with Crippen LogP contribution in [-0.2, 0) is 13.0 Å². The third-order valence-corrected chi connectivity index (χ3v) is 5.00. The number of aryl methyl sites for hydroxylation is 1. The largest absolute Gasteiger partial charge is 0.354 e. The van der Waals surface area contributed by atoms with E-state index in [2.05, 4.69) is 41.6 Å². The Labute approximate surface area is 160 Å². The molecule has 2 aromatic rings. The third-order valence-electron chi connectivity index (χ3n) is 3.98. The van der Waals surface area contributed by atoms with Crippen molar-refractivity contribution in [1.29, 1.82) is 0 Å². The van der Waals surface area contributed by atoms with Crippen molar-refractivity contribution in [3.8, 4) is 0 Å². The van der Waals surface area contributed by atoms with Crippen LogP contribution in [0.4, 0.5) is 0 Å². The van der Waals surface area contributed by atoms with Crippen molar-refractivity contribution in [3.05, 3.63) is 57.3 Å². The molecule has 26 heavy (non-hydrogen) atoms. The molecule has 1 aromatic carbocycles. The summed E-state index contributed by atoms with van der Waals surface area (Å²) in [5.41, 5.74) is 1.80. The smallest absolute Gasteiger partial charge is 0.253 e. The molecular formula is C20H28N4OS. The van der Waals surface area contributed by atoms with Crippen LogP contribution in [0.25, 0.3) is 0 Å². The molecule has 0 fully saturated rings. The topological polar surface area (TPSA) is 56.7 Å². The highest BCUT2D eigenvalue weighted by molar-refractivity contribution is 7.11. The molecule has 0 aliphatic rings. The van der Waals surface area contributed by atoms with Crippen LogP contribution in [0.3, 0.4) is 0 Å². The lowest BCUT2D eigenvalue weighted by molar-refractivity contribution is 0.0827. The van der Waals surface area contributed by atoms with Crippen LogP contribution >= 0.6 is 11.3 Å². The molecule has 0 aliphatic carbocycles. The molecule has 5 nitrogen and oxygen atoms in total. The van der Waals surface area contributed by atoms with E-state index in [1.54, 1.807) is 26.0 Å². The maximum Gasteiger partial charge on any atom is 0.253 e. The lowest BCUT2D eigenvalue weighted by Gasteiger charge is -2.17. The third kappa shape index (κ3) is 5.88. The van der Waals surface area contributed by atoms with Gasteiger partial charge in [-0.1, -0.05) is 12.1 Å². The molecule has 1 unspecified atom stereocenters. The fourth-order valence-electron chi connectivity index (χ4n) is 2.58. The molecule has 6 heteroatoms. The summed E-state index contributed by atoms with van der Waals surface area (Å²) in [5, 5.41) is 6.75. The number of carbonyl (C=O) groups is 1. The lowest BCUT2D eigenvalue weighted by atomic mass is 10.1. The monoisotopic (exact) mass is 372 g/mol. The maximum atomic E-state index is 11.9. The van der Waals surface area contributed by atoms with Crippen molar-refractivity contribution in [1.82, 2.24) is 15.5 Å². The molecule has 0 aliphatic heterocycles. The van der Waals surface area contributed by atoms with E-state index in [4.69, 9.17) is 0 Å². The number of rotatable bonds is 6. The molecule has 0 spiro atoms. The van der Waals surface area contributed by atoms with Gasteiger partial charge in [0.15, 0.2) is 5.96 Å². The fraction of sp³-hybridized carbons (Fsp3) is 0.400. The van der Waals surface area contributed by atoms with Crippen LogP contribution in [0.5, 0.6) is 0 Å². The van der Waals surface area contributed by atoms with Gasteiger partial charge in [-0.2, -0.15) is 0 Å². The van der Waals surface area contributed by atoms with Crippen LogP contribution in [0, 0.1) is 6.92 Å². The number of nitrogens with zero attached hydrogens (tertiary/aromatic N) is 2. The minimum Gasteiger partial charge on any atom is -0.354 e. The van der Waals surface area contributed by atoms with Gasteiger partial charge in [0.05, 0.1) is 0 Å². The van der Waals surface area contributed by atoms with Gasteiger partial charge in [0, 0.05) is 55.5 Å². The summed E-state index contributed by atoms with van der Waals surface area (Å²) in [6, 6.07) is 12.3. The van der Waals surface area contributed by atoms with Crippen molar-refractivity contribution in [2.45, 2.75) is 32.9 Å². The van der Waals surface area contributed by atoms with Gasteiger partial charge in [0.1, 0.15) is 0 Å². The molecule has 0 saturated heterocycles. The zero-order chi connectivity index (χ0) is 19.1. The lowest BCUT2D eigenvalue weighted by Crippen LogP contribution is -2.42. The van der Waals surface area contributed by atoms with E-state index in [9.17, 15) is 4.79 Å². The summed E-state index contributed by atoms with van der Waals surface area (Å²) in [4.78, 5) is 20.5. The molecule has 1 amide bonds. The predicted molar refractivity (Wildman–Crippen MR) is 110 cm³/mol. The predicted octanol–water partition coefficient (Wildman–Crippen LogP) is 3.05. The maximum absolute atomic E-state index is 11.9. The van der Waals surface area contributed by atoms with Crippen LogP contribution in [-0.4, -0.2) is 44.0 Å². The SMILES string of the molecule is CN=C(NCc1ccc(C(=O)N(C)C)cc1)NC(C)Cc1ccc(C)s1. The second-order valence-corrected chi connectivity index (χ2v) is 7.96. The number of amides is 1. The van der Waals surface area contributed by atoms with Gasteiger partial charge in [0.25, 0.3) is 5.91 Å². The Morgan fingerprint density at radius 3 is 2.42 bits per heavy atom. The van der Waals surface area contributed by atoms with Crippen molar-refractivity contribution in [2.75, 3.05) is 21.1 Å². The van der Waals surface area contributed by atoms with E-state index in [0.29, 0.717) is 18.2 Å². The summed E-state index contributed by atoms with van der Waals surface area (Å²) in [6.07, 6.45) is 0.973. The number of hydrogen-bond donors (Lipinski definition) is 2. The Hall–Kier alpha value is -2.34. The summed E-state index contributed by atoms with van der Waals surface area (Å²) in [7, 11) is 5.29. The Bertz CT molecular complexity index is 749. The first kappa shape index (κ1) is 20.0. The van der Waals surface area contributed by atoms with Crippen molar-refractivity contribution < 1.29 is 4.79 Å². The number of aliphatic imine (C=N–C) groups is 1. The van der Waals surface area contributed by atoms with E-state index in [1.165, 1.54) is 9.75 Å². The number of thiophene rings is 1. The van der Waals surface area contributed by atoms with Gasteiger partial charge in [-0.15, -0.1) is 11.3 Å². The molecule has 0 bridgehead atoms. The van der Waals surface area contributed by atoms with Gasteiger partial charge in [-0.05, 0) is 43.7 Å². The zero-order valence-corrected chi connectivity index (χ0v) is 17.0. The molecule has 1 heterocycles. The molecule has 1 atom stereocenters. The Kier molecular flexibility index (Phi) is 7.21. The van der Waals surface area contributed by atoms with E-state index < -0.39 is 0 Å². The summed E-state index contributed by atoms with van der Waals surface area (Å²) in [6.45, 7) is 4.94. The average molecular weight is 373 g/mol. The van der Waals surface area contributed by atoms with E-state index in [-0.39, 0.29) is 5.91 Å². The number of hydrogen-bond acceptors (Lipinski definition) is 3. The van der Waals surface area contributed by atoms with Crippen LogP contribution in [0.1, 0.15) is 32.6 Å². The highest BCUT2D eigenvalue weighted by atomic mass is 32.1. The summed E-state index contributed by atoms with van der Waals surface area (Å²) in [5.74, 6) is 0.791. The first-order valence-electron chi connectivity index (χ1n) is 8.72. The van der Waals surface area contributed by atoms with Crippen LogP contribution < -0.4 is 10.6 Å². The van der Waals surface area contributed by atoms with Gasteiger partial charge in [-0.3, -0.25) is 9.79 Å². The summed E-state index contributed by atoms with van der Waals surface area (Å²) < 4.78 is 0. The van der Waals surface area contributed by atoms with Crippen molar-refractivity contribution in [3.63, 3.8) is 0 Å². The minimum atomic E-state index is 0.0135. The number of guanidine groups is 1. The second kappa shape index (κ2) is 9.38. The molecule has 1 aromatic heterocycles. The fourth-order valence-corrected chi connectivity index (χ4v) is 3.60. The van der Waals surface area contributed by atoms with E-state index in [1.807, 2.05) is 35.6 Å². The van der Waals surface area contributed by atoms with Gasteiger partial charge in [0.2, 0.25) is 0 Å². The molecule has 2 rings (SSSR count). The molecular weight excluding hydrogens is 344 g/mol. The number of nitrogens with one attached hydrogen (secondary N) is 2. The average Bonchev–Trinajstić information content (AvgIpc) is 3.02. The molecule has 2 N–H and O–H groups in total. The van der Waals surface area contributed by atoms with Gasteiger partial charge in [-0.25, -0.2) is 0 Å². The van der Waals surface area contributed by atoms with E-state index >= 15 is 0 Å². The number of benzene rings is 1. The number of carbonyl (C=O) groups excluding carboxylic acids is 1. The zero-order valence-electron chi connectivity index (χ0n) is 16.2. The molecule has 0 saturated carbocycles. The first-order valence-corrected chi connectivity index (χ1v) is 9.53. The minimum absolute atomic E-state index is 0.0135. The van der Waals surface area contributed by atoms with Crippen molar-refractivity contribution in [2.24, 2.45) is 4.99 Å². The quantitative estimate of drug-likeness (QED) is 0.605. The highest BCUT2D eigenvalue weighted by Gasteiger charge is 2.09. The summed E-state index contributed by atoms with van der Waals surface area (Å²) >= 11 is 1.84. The normalized spacial score (nSPS) is 12.6. The van der Waals surface area contributed by atoms with Crippen molar-refractivity contribution >= 4 is 23.2 Å². The molecule has 140 valence electrons. The second-order valence-electron chi connectivity index (χ2n) is 6.58. The highest BCUT2D eigenvalue weighted by Crippen LogP contribution is 2.16.